The lowest BCUT2D eigenvalue weighted by atomic mass is 10.1. The molecule has 2 N–H and O–H groups in total. The minimum absolute atomic E-state index is 0.204. The van der Waals surface area contributed by atoms with E-state index in [2.05, 4.69) is 5.32 Å². The third-order valence-corrected chi connectivity index (χ3v) is 1.85. The topological polar surface area (TPSA) is 32.3 Å². The minimum Gasteiger partial charge on any atom is -0.392 e. The number of rotatable bonds is 1. The van der Waals surface area contributed by atoms with Crippen molar-refractivity contribution in [1.82, 2.24) is 5.32 Å². The molecule has 2 nitrogen and oxygen atoms in total. The Hall–Kier alpha value is -0.340. The van der Waals surface area contributed by atoms with Gasteiger partial charge in [-0.05, 0) is 32.4 Å². The van der Waals surface area contributed by atoms with Gasteiger partial charge < -0.3 is 10.4 Å². The number of hydrogen-bond donors (Lipinski definition) is 2. The molecular formula is C8H15NO. The largest absolute Gasteiger partial charge is 0.392 e. The fraction of sp³-hybridized carbons (Fsp3) is 0.750. The molecule has 0 atom stereocenters. The lowest BCUT2D eigenvalue weighted by Gasteiger charge is -1.98. The van der Waals surface area contributed by atoms with E-state index in [1.54, 1.807) is 0 Å². The van der Waals surface area contributed by atoms with Crippen LogP contribution in [-0.4, -0.2) is 24.8 Å². The molecule has 1 aliphatic heterocycles. The first-order chi connectivity index (χ1) is 4.93. The van der Waals surface area contributed by atoms with Crippen LogP contribution in [0.3, 0.4) is 0 Å². The highest BCUT2D eigenvalue weighted by Crippen LogP contribution is 2.10. The summed E-state index contributed by atoms with van der Waals surface area (Å²) in [4.78, 5) is 0. The maximum absolute atomic E-state index is 8.61. The van der Waals surface area contributed by atoms with E-state index in [-0.39, 0.29) is 6.61 Å². The molecule has 0 aromatic carbocycles. The van der Waals surface area contributed by atoms with Crippen molar-refractivity contribution in [3.63, 3.8) is 0 Å². The van der Waals surface area contributed by atoms with Gasteiger partial charge in [0.05, 0.1) is 6.61 Å². The maximum atomic E-state index is 8.61. The number of hydrogen-bond acceptors (Lipinski definition) is 2. The van der Waals surface area contributed by atoms with Crippen molar-refractivity contribution in [1.29, 1.82) is 0 Å². The minimum atomic E-state index is 0.204. The van der Waals surface area contributed by atoms with Gasteiger partial charge >= 0.3 is 0 Å². The molecule has 2 heteroatoms. The Kier molecular flexibility index (Phi) is 3.47. The summed E-state index contributed by atoms with van der Waals surface area (Å²) in [6.45, 7) is 2.41. The molecule has 0 spiro atoms. The molecule has 0 unspecified atom stereocenters. The summed E-state index contributed by atoms with van der Waals surface area (Å²) in [6.07, 6.45) is 5.42. The predicted octanol–water partition coefficient (Wildman–Crippen LogP) is 0.679. The van der Waals surface area contributed by atoms with Gasteiger partial charge in [0, 0.05) is 0 Å². The van der Waals surface area contributed by atoms with Crippen LogP contribution in [0.2, 0.25) is 0 Å². The molecule has 1 saturated heterocycles. The molecule has 0 aliphatic carbocycles. The van der Waals surface area contributed by atoms with Gasteiger partial charge in [0.2, 0.25) is 0 Å². The fourth-order valence-electron chi connectivity index (χ4n) is 1.27. The molecular weight excluding hydrogens is 126 g/mol. The van der Waals surface area contributed by atoms with Gasteiger partial charge in [0.1, 0.15) is 0 Å². The van der Waals surface area contributed by atoms with E-state index < -0.39 is 0 Å². The van der Waals surface area contributed by atoms with E-state index in [0.29, 0.717) is 0 Å². The van der Waals surface area contributed by atoms with Crippen LogP contribution in [0.25, 0.3) is 0 Å². The number of nitrogens with one attached hydrogen (secondary N) is 1. The normalized spacial score (nSPS) is 24.7. The summed E-state index contributed by atoms with van der Waals surface area (Å²) in [7, 11) is 0. The van der Waals surface area contributed by atoms with Crippen molar-refractivity contribution >= 4 is 0 Å². The molecule has 0 saturated carbocycles. The van der Waals surface area contributed by atoms with Crippen LogP contribution in [0.15, 0.2) is 11.6 Å². The molecule has 1 fully saturated rings. The van der Waals surface area contributed by atoms with Gasteiger partial charge in [-0.3, -0.25) is 0 Å². The van der Waals surface area contributed by atoms with Crippen molar-refractivity contribution in [3.8, 4) is 0 Å². The third-order valence-electron chi connectivity index (χ3n) is 1.85. The quantitative estimate of drug-likeness (QED) is 0.526. The molecule has 1 aliphatic rings. The zero-order valence-corrected chi connectivity index (χ0v) is 6.27. The van der Waals surface area contributed by atoms with Gasteiger partial charge in [-0.15, -0.1) is 0 Å². The summed E-state index contributed by atoms with van der Waals surface area (Å²) in [5.74, 6) is 0. The second-order valence-electron chi connectivity index (χ2n) is 2.65. The Morgan fingerprint density at radius 2 is 2.30 bits per heavy atom. The Morgan fingerprint density at radius 1 is 1.40 bits per heavy atom. The first kappa shape index (κ1) is 7.76. The highest BCUT2D eigenvalue weighted by atomic mass is 16.2. The molecule has 58 valence electrons. The summed E-state index contributed by atoms with van der Waals surface area (Å²) < 4.78 is 0. The second kappa shape index (κ2) is 4.47. The lowest BCUT2D eigenvalue weighted by Crippen LogP contribution is -2.13. The van der Waals surface area contributed by atoms with E-state index in [1.807, 2.05) is 6.08 Å². The van der Waals surface area contributed by atoms with E-state index in [4.69, 9.17) is 5.11 Å². The maximum Gasteiger partial charge on any atom is 0.0615 e. The molecule has 1 heterocycles. The standard InChI is InChI=1S/C8H15NO/c10-7-4-8-2-1-5-9-6-3-8/h4,9-10H,1-3,5-7H2/b8-4+. The third kappa shape index (κ3) is 2.50. The second-order valence-corrected chi connectivity index (χ2v) is 2.65. The van der Waals surface area contributed by atoms with Crippen molar-refractivity contribution in [3.05, 3.63) is 11.6 Å². The summed E-state index contributed by atoms with van der Waals surface area (Å²) in [6, 6.07) is 0. The van der Waals surface area contributed by atoms with Crippen LogP contribution in [0.4, 0.5) is 0 Å². The smallest absolute Gasteiger partial charge is 0.0615 e. The average Bonchev–Trinajstić information content (AvgIpc) is 2.17. The fourth-order valence-corrected chi connectivity index (χ4v) is 1.27. The van der Waals surface area contributed by atoms with Crippen molar-refractivity contribution in [2.75, 3.05) is 19.7 Å². The van der Waals surface area contributed by atoms with Gasteiger partial charge in [-0.25, -0.2) is 0 Å². The zero-order chi connectivity index (χ0) is 7.23. The first-order valence-electron chi connectivity index (χ1n) is 3.93. The molecule has 0 bridgehead atoms. The van der Waals surface area contributed by atoms with Crippen LogP contribution in [0.5, 0.6) is 0 Å². The highest BCUT2D eigenvalue weighted by molar-refractivity contribution is 5.03. The summed E-state index contributed by atoms with van der Waals surface area (Å²) in [5.41, 5.74) is 1.41. The first-order valence-corrected chi connectivity index (χ1v) is 3.93. The summed E-state index contributed by atoms with van der Waals surface area (Å²) in [5, 5.41) is 11.9. The van der Waals surface area contributed by atoms with Gasteiger partial charge in [0.15, 0.2) is 0 Å². The summed E-state index contributed by atoms with van der Waals surface area (Å²) >= 11 is 0. The van der Waals surface area contributed by atoms with Crippen molar-refractivity contribution < 1.29 is 5.11 Å². The van der Waals surface area contributed by atoms with Crippen LogP contribution in [0, 0.1) is 0 Å². The molecule has 0 aromatic heterocycles. The van der Waals surface area contributed by atoms with Gasteiger partial charge in [-0.1, -0.05) is 11.6 Å². The Balaban J connectivity index is 2.35. The average molecular weight is 141 g/mol. The van der Waals surface area contributed by atoms with E-state index >= 15 is 0 Å². The Labute approximate surface area is 61.9 Å². The molecule has 10 heavy (non-hydrogen) atoms. The van der Waals surface area contributed by atoms with Crippen LogP contribution in [0.1, 0.15) is 19.3 Å². The highest BCUT2D eigenvalue weighted by Gasteiger charge is 2.01. The van der Waals surface area contributed by atoms with Crippen LogP contribution < -0.4 is 5.32 Å². The molecule has 0 amide bonds. The Morgan fingerprint density at radius 3 is 3.10 bits per heavy atom. The van der Waals surface area contributed by atoms with Crippen LogP contribution >= 0.6 is 0 Å². The molecule has 1 rings (SSSR count). The molecule has 0 aromatic rings. The van der Waals surface area contributed by atoms with Gasteiger partial charge in [0.25, 0.3) is 0 Å². The SMILES string of the molecule is OC/C=C1\CCCNCC1. The van der Waals surface area contributed by atoms with Crippen LogP contribution in [-0.2, 0) is 0 Å². The van der Waals surface area contributed by atoms with E-state index in [0.717, 1.165) is 25.9 Å². The van der Waals surface area contributed by atoms with E-state index in [1.165, 1.54) is 12.0 Å². The number of aliphatic hydroxyl groups is 1. The van der Waals surface area contributed by atoms with E-state index in [9.17, 15) is 0 Å². The predicted molar refractivity (Wildman–Crippen MR) is 41.9 cm³/mol. The lowest BCUT2D eigenvalue weighted by molar-refractivity contribution is 0.341. The van der Waals surface area contributed by atoms with Crippen molar-refractivity contribution in [2.24, 2.45) is 0 Å². The van der Waals surface area contributed by atoms with Gasteiger partial charge in [-0.2, -0.15) is 0 Å². The zero-order valence-electron chi connectivity index (χ0n) is 6.27. The Bertz CT molecular complexity index is 110. The molecule has 0 radical (unpaired) electrons. The monoisotopic (exact) mass is 141 g/mol. The number of aliphatic hydroxyl groups excluding tert-OH is 1. The van der Waals surface area contributed by atoms with Crippen molar-refractivity contribution in [2.45, 2.75) is 19.3 Å².